The van der Waals surface area contributed by atoms with E-state index in [0.717, 1.165) is 42.9 Å². The highest BCUT2D eigenvalue weighted by atomic mass is 35.5. The lowest BCUT2D eigenvalue weighted by atomic mass is 10.2. The molecule has 124 valence electrons. The van der Waals surface area contributed by atoms with Gasteiger partial charge in [-0.1, -0.05) is 47.5 Å². The van der Waals surface area contributed by atoms with Gasteiger partial charge in [0.1, 0.15) is 12.4 Å². The van der Waals surface area contributed by atoms with E-state index < -0.39 is 0 Å². The first-order valence-electron chi connectivity index (χ1n) is 7.71. The first kappa shape index (κ1) is 18.1. The molecule has 0 amide bonds. The predicted molar refractivity (Wildman–Crippen MR) is 97.5 cm³/mol. The summed E-state index contributed by atoms with van der Waals surface area (Å²) in [5.41, 5.74) is 1.94. The quantitative estimate of drug-likeness (QED) is 0.661. The Labute approximate surface area is 147 Å². The van der Waals surface area contributed by atoms with Crippen LogP contribution in [0.4, 0.5) is 0 Å². The molecule has 0 spiro atoms. The van der Waals surface area contributed by atoms with Gasteiger partial charge in [0.25, 0.3) is 0 Å². The van der Waals surface area contributed by atoms with Crippen molar-refractivity contribution in [3.8, 4) is 5.75 Å². The van der Waals surface area contributed by atoms with E-state index in [1.165, 1.54) is 0 Å². The van der Waals surface area contributed by atoms with E-state index in [1.807, 2.05) is 43.4 Å². The fourth-order valence-electron chi connectivity index (χ4n) is 2.22. The van der Waals surface area contributed by atoms with Gasteiger partial charge in [-0.2, -0.15) is 0 Å². The standard InChI is InChI=1S/C18H22Cl2N2O/c1-21-10-5-11-22-12-14-6-2-3-9-18(14)23-13-15-16(19)7-4-8-17(15)20/h2-4,6-9,21-22H,5,10-13H2,1H3. The summed E-state index contributed by atoms with van der Waals surface area (Å²) in [7, 11) is 1.96. The lowest BCUT2D eigenvalue weighted by molar-refractivity contribution is 0.302. The molecule has 3 nitrogen and oxygen atoms in total. The lowest BCUT2D eigenvalue weighted by Gasteiger charge is -2.13. The topological polar surface area (TPSA) is 33.3 Å². The third kappa shape index (κ3) is 5.70. The summed E-state index contributed by atoms with van der Waals surface area (Å²) in [6.45, 7) is 3.10. The van der Waals surface area contributed by atoms with Crippen LogP contribution in [0, 0.1) is 0 Å². The van der Waals surface area contributed by atoms with Crippen molar-refractivity contribution >= 4 is 23.2 Å². The molecule has 0 saturated heterocycles. The molecule has 0 aliphatic heterocycles. The summed E-state index contributed by atoms with van der Waals surface area (Å²) < 4.78 is 5.94. The molecule has 0 aromatic heterocycles. The molecule has 0 heterocycles. The van der Waals surface area contributed by atoms with Crippen LogP contribution >= 0.6 is 23.2 Å². The molecule has 0 aliphatic rings. The number of ether oxygens (including phenoxy) is 1. The van der Waals surface area contributed by atoms with Gasteiger partial charge in [-0.05, 0) is 44.8 Å². The number of nitrogens with one attached hydrogen (secondary N) is 2. The Kier molecular flexibility index (Phi) is 7.69. The van der Waals surface area contributed by atoms with Crippen LogP contribution in [0.5, 0.6) is 5.75 Å². The minimum atomic E-state index is 0.356. The van der Waals surface area contributed by atoms with Crippen molar-refractivity contribution in [1.29, 1.82) is 0 Å². The molecule has 0 bridgehead atoms. The van der Waals surface area contributed by atoms with Gasteiger partial charge in [-0.3, -0.25) is 0 Å². The molecule has 0 aliphatic carbocycles. The van der Waals surface area contributed by atoms with Crippen molar-refractivity contribution in [2.45, 2.75) is 19.6 Å². The summed E-state index contributed by atoms with van der Waals surface area (Å²) in [5, 5.41) is 7.81. The summed E-state index contributed by atoms with van der Waals surface area (Å²) in [6.07, 6.45) is 1.09. The highest BCUT2D eigenvalue weighted by Gasteiger charge is 2.08. The van der Waals surface area contributed by atoms with Crippen molar-refractivity contribution in [2.75, 3.05) is 20.1 Å². The SMILES string of the molecule is CNCCCNCc1ccccc1OCc1c(Cl)cccc1Cl. The molecule has 23 heavy (non-hydrogen) atoms. The monoisotopic (exact) mass is 352 g/mol. The number of hydrogen-bond acceptors (Lipinski definition) is 3. The second-order valence-corrected chi connectivity index (χ2v) is 6.04. The maximum atomic E-state index is 6.18. The van der Waals surface area contributed by atoms with Crippen LogP contribution < -0.4 is 15.4 Å². The lowest BCUT2D eigenvalue weighted by Crippen LogP contribution is -2.19. The van der Waals surface area contributed by atoms with E-state index in [4.69, 9.17) is 27.9 Å². The Morgan fingerprint density at radius 2 is 1.70 bits per heavy atom. The van der Waals surface area contributed by atoms with E-state index in [2.05, 4.69) is 16.7 Å². The minimum Gasteiger partial charge on any atom is -0.488 e. The van der Waals surface area contributed by atoms with Gasteiger partial charge in [0.05, 0.1) is 0 Å². The van der Waals surface area contributed by atoms with E-state index >= 15 is 0 Å². The van der Waals surface area contributed by atoms with Crippen LogP contribution in [0.1, 0.15) is 17.5 Å². The zero-order chi connectivity index (χ0) is 16.5. The maximum absolute atomic E-state index is 6.18. The number of halogens is 2. The largest absolute Gasteiger partial charge is 0.488 e. The molecule has 0 saturated carbocycles. The Hall–Kier alpha value is -1.26. The predicted octanol–water partition coefficient (Wildman–Crippen LogP) is 4.27. The van der Waals surface area contributed by atoms with Gasteiger partial charge in [0, 0.05) is 27.7 Å². The summed E-state index contributed by atoms with van der Waals surface area (Å²) in [4.78, 5) is 0. The third-order valence-electron chi connectivity index (χ3n) is 3.50. The van der Waals surface area contributed by atoms with Crippen LogP contribution in [0.2, 0.25) is 10.0 Å². The molecular weight excluding hydrogens is 331 g/mol. The first-order chi connectivity index (χ1) is 11.2. The molecule has 0 unspecified atom stereocenters. The fraction of sp³-hybridized carbons (Fsp3) is 0.333. The van der Waals surface area contributed by atoms with Gasteiger partial charge < -0.3 is 15.4 Å². The second-order valence-electron chi connectivity index (χ2n) is 5.23. The molecule has 0 fully saturated rings. The molecule has 2 aromatic rings. The van der Waals surface area contributed by atoms with Crippen molar-refractivity contribution in [2.24, 2.45) is 0 Å². The van der Waals surface area contributed by atoms with Crippen LogP contribution in [0.15, 0.2) is 42.5 Å². The molecule has 0 radical (unpaired) electrons. The smallest absolute Gasteiger partial charge is 0.124 e. The number of benzene rings is 2. The highest BCUT2D eigenvalue weighted by molar-refractivity contribution is 6.35. The summed E-state index contributed by atoms with van der Waals surface area (Å²) in [6, 6.07) is 13.5. The summed E-state index contributed by atoms with van der Waals surface area (Å²) in [5.74, 6) is 0.851. The zero-order valence-corrected chi connectivity index (χ0v) is 14.8. The van der Waals surface area contributed by atoms with E-state index in [1.54, 1.807) is 0 Å². The molecule has 2 N–H and O–H groups in total. The maximum Gasteiger partial charge on any atom is 0.124 e. The number of para-hydroxylation sites is 1. The first-order valence-corrected chi connectivity index (χ1v) is 8.47. The average Bonchev–Trinajstić information content (AvgIpc) is 2.55. The van der Waals surface area contributed by atoms with Crippen LogP contribution in [-0.4, -0.2) is 20.1 Å². The van der Waals surface area contributed by atoms with Crippen LogP contribution in [-0.2, 0) is 13.2 Å². The minimum absolute atomic E-state index is 0.356. The Balaban J connectivity index is 1.95. The van der Waals surface area contributed by atoms with E-state index in [-0.39, 0.29) is 0 Å². The van der Waals surface area contributed by atoms with E-state index in [9.17, 15) is 0 Å². The number of rotatable bonds is 9. The average molecular weight is 353 g/mol. The van der Waals surface area contributed by atoms with Gasteiger partial charge in [-0.15, -0.1) is 0 Å². The van der Waals surface area contributed by atoms with Gasteiger partial charge in [0.15, 0.2) is 0 Å². The molecule has 5 heteroatoms. The molecule has 2 rings (SSSR count). The molecular formula is C18H22Cl2N2O. The molecule has 0 atom stereocenters. The Morgan fingerprint density at radius 1 is 0.957 bits per heavy atom. The van der Waals surface area contributed by atoms with Gasteiger partial charge >= 0.3 is 0 Å². The number of hydrogen-bond donors (Lipinski definition) is 2. The second kappa shape index (κ2) is 9.78. The normalized spacial score (nSPS) is 10.7. The van der Waals surface area contributed by atoms with Crippen molar-refractivity contribution < 1.29 is 4.74 Å². The van der Waals surface area contributed by atoms with Crippen LogP contribution in [0.3, 0.4) is 0 Å². The van der Waals surface area contributed by atoms with Crippen molar-refractivity contribution in [1.82, 2.24) is 10.6 Å². The Bertz CT molecular complexity index is 599. The highest BCUT2D eigenvalue weighted by Crippen LogP contribution is 2.27. The molecule has 2 aromatic carbocycles. The third-order valence-corrected chi connectivity index (χ3v) is 4.21. The van der Waals surface area contributed by atoms with Gasteiger partial charge in [-0.25, -0.2) is 0 Å². The summed E-state index contributed by atoms with van der Waals surface area (Å²) >= 11 is 12.4. The van der Waals surface area contributed by atoms with Gasteiger partial charge in [0.2, 0.25) is 0 Å². The van der Waals surface area contributed by atoms with Crippen molar-refractivity contribution in [3.63, 3.8) is 0 Å². The zero-order valence-electron chi connectivity index (χ0n) is 13.2. The van der Waals surface area contributed by atoms with Crippen LogP contribution in [0.25, 0.3) is 0 Å². The van der Waals surface area contributed by atoms with Crippen molar-refractivity contribution in [3.05, 3.63) is 63.6 Å². The van der Waals surface area contributed by atoms with E-state index in [0.29, 0.717) is 16.7 Å². The Morgan fingerprint density at radius 3 is 2.43 bits per heavy atom. The fourth-order valence-corrected chi connectivity index (χ4v) is 2.73.